The molecule has 1 aliphatic heterocycles. The highest BCUT2D eigenvalue weighted by molar-refractivity contribution is 5.96. The van der Waals surface area contributed by atoms with Crippen molar-refractivity contribution in [1.82, 2.24) is 41.1 Å². The maximum absolute atomic E-state index is 13.7. The van der Waals surface area contributed by atoms with Crippen LogP contribution in [0.2, 0.25) is 0 Å². The molecule has 0 aliphatic carbocycles. The minimum atomic E-state index is -1.21. The zero-order chi connectivity index (χ0) is 32.5. The largest absolute Gasteiger partial charge is 0.480 e. The number of amides is 5. The third kappa shape index (κ3) is 8.44. The Bertz CT molecular complexity index is 1540. The van der Waals surface area contributed by atoms with Gasteiger partial charge in [0.15, 0.2) is 0 Å². The predicted octanol–water partition coefficient (Wildman–Crippen LogP) is -1.70. The first-order valence-corrected chi connectivity index (χ1v) is 14.5. The van der Waals surface area contributed by atoms with Crippen molar-refractivity contribution in [3.05, 3.63) is 54.2 Å². The topological polar surface area (TPSA) is 244 Å². The first kappa shape index (κ1) is 32.7. The summed E-state index contributed by atoms with van der Waals surface area (Å²) in [5.41, 5.74) is 7.52. The fraction of sp³-hybridized carbons (Fsp3) is 0.414. The Hall–Kier alpha value is -5.25. The number of carboxylic acid groups (broad SMARTS) is 1. The van der Waals surface area contributed by atoms with E-state index in [1.165, 1.54) is 18.2 Å². The number of carboxylic acids is 1. The van der Waals surface area contributed by atoms with Gasteiger partial charge in [0.2, 0.25) is 29.5 Å². The Balaban J connectivity index is 1.52. The molecule has 45 heavy (non-hydrogen) atoms. The van der Waals surface area contributed by atoms with Gasteiger partial charge in [0.1, 0.15) is 30.7 Å². The second-order valence-corrected chi connectivity index (χ2v) is 10.7. The molecule has 0 saturated carbocycles. The molecule has 16 nitrogen and oxygen atoms in total. The van der Waals surface area contributed by atoms with E-state index in [-0.39, 0.29) is 25.9 Å². The summed E-state index contributed by atoms with van der Waals surface area (Å²) < 4.78 is 0. The number of para-hydroxylation sites is 1. The second-order valence-electron chi connectivity index (χ2n) is 10.7. The van der Waals surface area contributed by atoms with Crippen molar-refractivity contribution < 1.29 is 33.9 Å². The summed E-state index contributed by atoms with van der Waals surface area (Å²) >= 11 is 0. The highest BCUT2D eigenvalue weighted by atomic mass is 16.4. The van der Waals surface area contributed by atoms with Crippen LogP contribution in [0.1, 0.15) is 31.0 Å². The normalized spacial score (nSPS) is 16.4. The maximum Gasteiger partial charge on any atom is 0.322 e. The second kappa shape index (κ2) is 15.0. The molecule has 3 heterocycles. The van der Waals surface area contributed by atoms with E-state index in [0.717, 1.165) is 16.5 Å². The van der Waals surface area contributed by atoms with Gasteiger partial charge in [0, 0.05) is 42.7 Å². The summed E-state index contributed by atoms with van der Waals surface area (Å²) in [6, 6.07) is 3.22. The average molecular weight is 624 g/mol. The molecule has 0 bridgehead atoms. The van der Waals surface area contributed by atoms with Gasteiger partial charge in [-0.05, 0) is 31.4 Å². The Morgan fingerprint density at radius 3 is 2.49 bits per heavy atom. The number of rotatable bonds is 14. The van der Waals surface area contributed by atoms with Gasteiger partial charge in [-0.1, -0.05) is 18.2 Å². The first-order chi connectivity index (χ1) is 21.6. The van der Waals surface area contributed by atoms with Crippen molar-refractivity contribution in [2.75, 3.05) is 19.6 Å². The Kier molecular flexibility index (Phi) is 10.9. The Morgan fingerprint density at radius 2 is 1.78 bits per heavy atom. The van der Waals surface area contributed by atoms with Gasteiger partial charge in [-0.2, -0.15) is 0 Å². The van der Waals surface area contributed by atoms with Gasteiger partial charge < -0.3 is 47.0 Å². The molecule has 4 atom stereocenters. The average Bonchev–Trinajstić information content (AvgIpc) is 3.80. The van der Waals surface area contributed by atoms with Crippen molar-refractivity contribution in [3.63, 3.8) is 0 Å². The summed E-state index contributed by atoms with van der Waals surface area (Å²) in [6.07, 6.45) is 5.69. The fourth-order valence-electron chi connectivity index (χ4n) is 5.28. The van der Waals surface area contributed by atoms with Crippen LogP contribution in [0, 0.1) is 0 Å². The van der Waals surface area contributed by atoms with E-state index >= 15 is 0 Å². The van der Waals surface area contributed by atoms with Crippen LogP contribution in [0.25, 0.3) is 10.9 Å². The van der Waals surface area contributed by atoms with Crippen LogP contribution in [0.15, 0.2) is 43.0 Å². The molecule has 5 amide bonds. The summed E-state index contributed by atoms with van der Waals surface area (Å²) in [7, 11) is 0. The number of carbonyl (C=O) groups is 6. The highest BCUT2D eigenvalue weighted by Gasteiger charge is 2.37. The number of carbonyl (C=O) groups excluding carboxylic acids is 5. The van der Waals surface area contributed by atoms with Crippen LogP contribution in [0.5, 0.6) is 0 Å². The van der Waals surface area contributed by atoms with E-state index in [0.29, 0.717) is 18.5 Å². The van der Waals surface area contributed by atoms with Crippen LogP contribution < -0.4 is 27.0 Å². The lowest BCUT2D eigenvalue weighted by atomic mass is 10.0. The number of nitrogens with zero attached hydrogens (tertiary/aromatic N) is 2. The van der Waals surface area contributed by atoms with Gasteiger partial charge >= 0.3 is 5.97 Å². The number of imidazole rings is 1. The van der Waals surface area contributed by atoms with E-state index in [2.05, 4.69) is 36.2 Å². The molecule has 0 spiro atoms. The number of H-pyrrole nitrogens is 2. The van der Waals surface area contributed by atoms with Crippen molar-refractivity contribution in [1.29, 1.82) is 0 Å². The van der Waals surface area contributed by atoms with Crippen molar-refractivity contribution >= 4 is 46.4 Å². The number of benzene rings is 1. The van der Waals surface area contributed by atoms with Gasteiger partial charge in [-0.3, -0.25) is 28.8 Å². The molecule has 2 aromatic heterocycles. The van der Waals surface area contributed by atoms with Crippen LogP contribution in [0.4, 0.5) is 0 Å². The lowest BCUT2D eigenvalue weighted by Gasteiger charge is -2.28. The van der Waals surface area contributed by atoms with Crippen LogP contribution >= 0.6 is 0 Å². The molecule has 1 aliphatic rings. The van der Waals surface area contributed by atoms with Gasteiger partial charge in [-0.25, -0.2) is 4.98 Å². The number of hydrogen-bond acceptors (Lipinski definition) is 8. The summed E-state index contributed by atoms with van der Waals surface area (Å²) in [5, 5.41) is 20.0. The number of aliphatic carboxylic acids is 1. The predicted molar refractivity (Wildman–Crippen MR) is 160 cm³/mol. The molecule has 3 aromatic rings. The number of nitrogens with one attached hydrogen (secondary N) is 6. The zero-order valence-electron chi connectivity index (χ0n) is 24.7. The number of fused-ring (bicyclic) bond motifs is 1. The molecule has 1 aromatic carbocycles. The van der Waals surface area contributed by atoms with Crippen molar-refractivity contribution in [3.8, 4) is 0 Å². The lowest BCUT2D eigenvalue weighted by molar-refractivity contribution is -0.142. The smallest absolute Gasteiger partial charge is 0.322 e. The Morgan fingerprint density at radius 1 is 1.04 bits per heavy atom. The number of aromatic nitrogens is 3. The molecule has 16 heteroatoms. The van der Waals surface area contributed by atoms with Crippen LogP contribution in [0.3, 0.4) is 0 Å². The van der Waals surface area contributed by atoms with Gasteiger partial charge in [0.05, 0.1) is 18.6 Å². The fourth-order valence-corrected chi connectivity index (χ4v) is 5.28. The molecule has 1 saturated heterocycles. The number of hydrogen-bond donors (Lipinski definition) is 8. The number of nitrogens with two attached hydrogens (primary N) is 1. The van der Waals surface area contributed by atoms with Crippen LogP contribution in [-0.4, -0.2) is 104 Å². The molecule has 0 unspecified atom stereocenters. The highest BCUT2D eigenvalue weighted by Crippen LogP contribution is 2.21. The standard InChI is InChI=1S/C29H37N9O7/c1-16(29(45)38-8-4-7-23(38)28(44)33-14-25(40)41)35-26(42)21(9-17-12-32-20-6-3-2-5-19(17)20)37-27(43)22(36-24(39)11-30)10-18-13-31-15-34-18/h2-3,5-6,12-13,15-16,21-23,32H,4,7-11,14,30H2,1H3,(H,31,34)(H,33,44)(H,35,42)(H,36,39)(H,37,43)(H,40,41)/t16-,21-,22-,23-/m0/s1. The summed E-state index contributed by atoms with van der Waals surface area (Å²) in [5.74, 6) is -4.22. The third-order valence-corrected chi connectivity index (χ3v) is 7.52. The molecular weight excluding hydrogens is 586 g/mol. The Labute approximate surface area is 257 Å². The molecule has 240 valence electrons. The molecule has 4 rings (SSSR count). The van der Waals surface area contributed by atoms with Crippen molar-refractivity contribution in [2.24, 2.45) is 5.73 Å². The zero-order valence-corrected chi connectivity index (χ0v) is 24.7. The maximum atomic E-state index is 13.7. The van der Waals surface area contributed by atoms with Gasteiger partial charge in [0.25, 0.3) is 0 Å². The molecule has 9 N–H and O–H groups in total. The van der Waals surface area contributed by atoms with Crippen LogP contribution in [-0.2, 0) is 41.6 Å². The number of aromatic amines is 2. The van der Waals surface area contributed by atoms with Gasteiger partial charge in [-0.15, -0.1) is 0 Å². The minimum absolute atomic E-state index is 0.0255. The SMILES string of the molecule is C[C@H](NC(=O)[C@H](Cc1c[nH]c2ccccc12)NC(=O)[C@H](Cc1c[nH]cn1)NC(=O)CN)C(=O)N1CCC[C@H]1C(=O)NCC(=O)O. The first-order valence-electron chi connectivity index (χ1n) is 14.5. The molecule has 1 fully saturated rings. The number of likely N-dealkylation sites (tertiary alicyclic amines) is 1. The molecule has 0 radical (unpaired) electrons. The van der Waals surface area contributed by atoms with Crippen molar-refractivity contribution in [2.45, 2.75) is 56.8 Å². The summed E-state index contributed by atoms with van der Waals surface area (Å²) in [4.78, 5) is 87.5. The minimum Gasteiger partial charge on any atom is -0.480 e. The summed E-state index contributed by atoms with van der Waals surface area (Å²) in [6.45, 7) is 0.799. The lowest BCUT2D eigenvalue weighted by Crippen LogP contribution is -2.58. The van der Waals surface area contributed by atoms with E-state index < -0.39 is 66.2 Å². The van der Waals surface area contributed by atoms with E-state index in [1.54, 1.807) is 12.4 Å². The van der Waals surface area contributed by atoms with E-state index in [1.807, 2.05) is 24.3 Å². The van der Waals surface area contributed by atoms with E-state index in [9.17, 15) is 28.8 Å². The van der Waals surface area contributed by atoms with E-state index in [4.69, 9.17) is 10.8 Å². The third-order valence-electron chi connectivity index (χ3n) is 7.52. The quantitative estimate of drug-likeness (QED) is 0.102. The monoisotopic (exact) mass is 623 g/mol. The molecular formula is C29H37N9O7.